The van der Waals surface area contributed by atoms with Crippen LogP contribution >= 0.6 is 0 Å². The van der Waals surface area contributed by atoms with Crippen LogP contribution in [0.4, 0.5) is 0 Å². The Morgan fingerprint density at radius 1 is 1.22 bits per heavy atom. The number of carbonyl (C=O) groups excluding carboxylic acids is 1. The fraction of sp³-hybridized carbons (Fsp3) is 0.706. The lowest BCUT2D eigenvalue weighted by Crippen LogP contribution is -2.47. The number of nitrogens with zero attached hydrogens (tertiary/aromatic N) is 2. The number of carbonyl (C=O) groups is 2. The van der Waals surface area contributed by atoms with Gasteiger partial charge in [-0.25, -0.2) is 4.98 Å². The zero-order valence-electron chi connectivity index (χ0n) is 13.7. The molecule has 1 aromatic heterocycles. The highest BCUT2D eigenvalue weighted by molar-refractivity contribution is 6.01. The third-order valence-corrected chi connectivity index (χ3v) is 5.35. The van der Waals surface area contributed by atoms with Gasteiger partial charge in [0.05, 0.1) is 17.9 Å². The third kappa shape index (κ3) is 2.86. The fourth-order valence-electron chi connectivity index (χ4n) is 3.93. The van der Waals surface area contributed by atoms with E-state index in [-0.39, 0.29) is 5.91 Å². The summed E-state index contributed by atoms with van der Waals surface area (Å²) in [7, 11) is 0. The van der Waals surface area contributed by atoms with Crippen LogP contribution in [0.2, 0.25) is 0 Å². The Bertz CT molecular complexity index is 615. The SMILES string of the molecule is Cc1nc2n(c1CNC(=O)C1(C(=O)O)CCCCC1)CCCC2. The predicted molar refractivity (Wildman–Crippen MR) is 84.9 cm³/mol. The topological polar surface area (TPSA) is 84.2 Å². The largest absolute Gasteiger partial charge is 0.480 e. The van der Waals surface area contributed by atoms with Crippen molar-refractivity contribution in [3.05, 3.63) is 17.2 Å². The Morgan fingerprint density at radius 2 is 1.96 bits per heavy atom. The van der Waals surface area contributed by atoms with E-state index in [9.17, 15) is 14.7 Å². The normalized spacial score (nSPS) is 19.9. The van der Waals surface area contributed by atoms with Crippen LogP contribution in [0, 0.1) is 12.3 Å². The van der Waals surface area contributed by atoms with Gasteiger partial charge in [-0.15, -0.1) is 0 Å². The number of hydrogen-bond donors (Lipinski definition) is 2. The summed E-state index contributed by atoms with van der Waals surface area (Å²) in [6.07, 6.45) is 6.77. The van der Waals surface area contributed by atoms with Gasteiger partial charge in [-0.3, -0.25) is 9.59 Å². The van der Waals surface area contributed by atoms with Crippen molar-refractivity contribution in [2.24, 2.45) is 5.41 Å². The minimum absolute atomic E-state index is 0.338. The van der Waals surface area contributed by atoms with Gasteiger partial charge in [0, 0.05) is 13.0 Å². The Morgan fingerprint density at radius 3 is 2.65 bits per heavy atom. The quantitative estimate of drug-likeness (QED) is 0.833. The molecule has 0 aromatic carbocycles. The number of carboxylic acid groups (broad SMARTS) is 1. The number of imidazole rings is 1. The van der Waals surface area contributed by atoms with Crippen molar-refractivity contribution in [3.63, 3.8) is 0 Å². The molecule has 1 saturated carbocycles. The fourth-order valence-corrected chi connectivity index (χ4v) is 3.93. The standard InChI is InChI=1S/C17H25N3O3/c1-12-13(20-10-6-3-7-14(20)19-12)11-18-15(21)17(16(22)23)8-4-2-5-9-17/h2-11H2,1H3,(H,18,21)(H,22,23). The van der Waals surface area contributed by atoms with Crippen LogP contribution in [0.15, 0.2) is 0 Å². The Balaban J connectivity index is 1.74. The molecule has 126 valence electrons. The van der Waals surface area contributed by atoms with Crippen molar-refractivity contribution in [3.8, 4) is 0 Å². The highest BCUT2D eigenvalue weighted by Crippen LogP contribution is 2.37. The summed E-state index contributed by atoms with van der Waals surface area (Å²) in [5.41, 5.74) is 0.719. The Labute approximate surface area is 136 Å². The van der Waals surface area contributed by atoms with Crippen molar-refractivity contribution in [2.75, 3.05) is 0 Å². The minimum atomic E-state index is -1.24. The number of fused-ring (bicyclic) bond motifs is 1. The summed E-state index contributed by atoms with van der Waals surface area (Å²) in [5, 5.41) is 12.5. The first-order valence-corrected chi connectivity index (χ1v) is 8.61. The number of aryl methyl sites for hydroxylation is 2. The van der Waals surface area contributed by atoms with E-state index in [0.29, 0.717) is 19.4 Å². The number of hydrogen-bond acceptors (Lipinski definition) is 3. The molecule has 0 unspecified atom stereocenters. The van der Waals surface area contributed by atoms with Crippen molar-refractivity contribution >= 4 is 11.9 Å². The predicted octanol–water partition coefficient (Wildman–Crippen LogP) is 2.18. The number of aromatic nitrogens is 2. The van der Waals surface area contributed by atoms with Gasteiger partial charge in [0.2, 0.25) is 5.91 Å². The maximum atomic E-state index is 12.6. The van der Waals surface area contributed by atoms with Crippen LogP contribution in [0.3, 0.4) is 0 Å². The monoisotopic (exact) mass is 319 g/mol. The molecule has 1 aromatic rings. The summed E-state index contributed by atoms with van der Waals surface area (Å²) in [6.45, 7) is 3.26. The first kappa shape index (κ1) is 16.0. The molecule has 3 rings (SSSR count). The molecule has 6 heteroatoms. The van der Waals surface area contributed by atoms with E-state index in [4.69, 9.17) is 0 Å². The molecule has 0 bridgehead atoms. The molecule has 0 atom stereocenters. The molecule has 23 heavy (non-hydrogen) atoms. The Hall–Kier alpha value is -1.85. The first-order chi connectivity index (χ1) is 11.0. The summed E-state index contributed by atoms with van der Waals surface area (Å²) >= 11 is 0. The molecule has 2 heterocycles. The summed E-state index contributed by atoms with van der Waals surface area (Å²) in [4.78, 5) is 28.9. The number of nitrogens with one attached hydrogen (secondary N) is 1. The minimum Gasteiger partial charge on any atom is -0.480 e. The van der Waals surface area contributed by atoms with Crippen molar-refractivity contribution in [2.45, 2.75) is 71.4 Å². The van der Waals surface area contributed by atoms with Crippen molar-refractivity contribution in [1.82, 2.24) is 14.9 Å². The van der Waals surface area contributed by atoms with Crippen molar-refractivity contribution < 1.29 is 14.7 Å². The second kappa shape index (κ2) is 6.34. The van der Waals surface area contributed by atoms with E-state index >= 15 is 0 Å². The van der Waals surface area contributed by atoms with Gasteiger partial charge in [0.25, 0.3) is 0 Å². The molecule has 1 aliphatic heterocycles. The van der Waals surface area contributed by atoms with Crippen LogP contribution in [0.1, 0.15) is 62.2 Å². The third-order valence-electron chi connectivity index (χ3n) is 5.35. The maximum absolute atomic E-state index is 12.6. The molecule has 0 saturated heterocycles. The lowest BCUT2D eigenvalue weighted by atomic mass is 9.73. The van der Waals surface area contributed by atoms with Gasteiger partial charge in [-0.1, -0.05) is 19.3 Å². The van der Waals surface area contributed by atoms with Crippen molar-refractivity contribution in [1.29, 1.82) is 0 Å². The average Bonchev–Trinajstić information content (AvgIpc) is 2.88. The van der Waals surface area contributed by atoms with E-state index in [1.807, 2.05) is 6.92 Å². The maximum Gasteiger partial charge on any atom is 0.319 e. The molecule has 0 radical (unpaired) electrons. The van der Waals surface area contributed by atoms with Crippen LogP contribution in [-0.2, 0) is 29.1 Å². The summed E-state index contributed by atoms with van der Waals surface area (Å²) in [5.74, 6) is -0.235. The summed E-state index contributed by atoms with van der Waals surface area (Å²) in [6, 6.07) is 0. The van der Waals surface area contributed by atoms with Crippen LogP contribution in [0.5, 0.6) is 0 Å². The number of carboxylic acids is 1. The molecule has 2 N–H and O–H groups in total. The highest BCUT2D eigenvalue weighted by Gasteiger charge is 2.46. The van der Waals surface area contributed by atoms with Gasteiger partial charge in [-0.05, 0) is 32.6 Å². The van der Waals surface area contributed by atoms with Crippen LogP contribution < -0.4 is 5.32 Å². The zero-order chi connectivity index (χ0) is 16.4. The number of aliphatic carboxylic acids is 1. The van der Waals surface area contributed by atoms with E-state index < -0.39 is 11.4 Å². The zero-order valence-corrected chi connectivity index (χ0v) is 13.7. The smallest absolute Gasteiger partial charge is 0.319 e. The summed E-state index contributed by atoms with van der Waals surface area (Å²) < 4.78 is 2.19. The molecule has 0 spiro atoms. The number of rotatable bonds is 4. The van der Waals surface area contributed by atoms with Gasteiger partial charge < -0.3 is 15.0 Å². The van der Waals surface area contributed by atoms with E-state index in [1.165, 1.54) is 0 Å². The molecule has 1 aliphatic carbocycles. The van der Waals surface area contributed by atoms with Crippen LogP contribution in [-0.4, -0.2) is 26.5 Å². The Kier molecular flexibility index (Phi) is 4.41. The van der Waals surface area contributed by atoms with Gasteiger partial charge in [-0.2, -0.15) is 0 Å². The average molecular weight is 319 g/mol. The molecule has 2 aliphatic rings. The second-order valence-electron chi connectivity index (χ2n) is 6.80. The molecule has 1 amide bonds. The lowest BCUT2D eigenvalue weighted by molar-refractivity contribution is -0.158. The molecule has 6 nitrogen and oxygen atoms in total. The van der Waals surface area contributed by atoms with Gasteiger partial charge in [0.15, 0.2) is 0 Å². The van der Waals surface area contributed by atoms with E-state index in [1.54, 1.807) is 0 Å². The van der Waals surface area contributed by atoms with E-state index in [0.717, 1.165) is 62.3 Å². The highest BCUT2D eigenvalue weighted by atomic mass is 16.4. The van der Waals surface area contributed by atoms with Gasteiger partial charge >= 0.3 is 5.97 Å². The van der Waals surface area contributed by atoms with E-state index in [2.05, 4.69) is 14.9 Å². The second-order valence-corrected chi connectivity index (χ2v) is 6.80. The van der Waals surface area contributed by atoms with Gasteiger partial charge in [0.1, 0.15) is 11.2 Å². The molecular weight excluding hydrogens is 294 g/mol. The lowest BCUT2D eigenvalue weighted by Gasteiger charge is -2.31. The first-order valence-electron chi connectivity index (χ1n) is 8.61. The molecule has 1 fully saturated rings. The van der Waals surface area contributed by atoms with Crippen LogP contribution in [0.25, 0.3) is 0 Å². The molecular formula is C17H25N3O3. The number of amides is 1.